The predicted octanol–water partition coefficient (Wildman–Crippen LogP) is 0.944. The van der Waals surface area contributed by atoms with Gasteiger partial charge in [0.25, 0.3) is 0 Å². The molecule has 2 atom stereocenters. The molecule has 1 fully saturated rings. The van der Waals surface area contributed by atoms with Crippen LogP contribution in [-0.2, 0) is 9.53 Å². The number of ether oxygens (including phenoxy) is 1. The fourth-order valence-electron chi connectivity index (χ4n) is 3.00. The van der Waals surface area contributed by atoms with Gasteiger partial charge in [0.1, 0.15) is 5.54 Å². The van der Waals surface area contributed by atoms with Crippen LogP contribution in [0.3, 0.4) is 0 Å². The summed E-state index contributed by atoms with van der Waals surface area (Å²) in [6, 6.07) is 0.543. The van der Waals surface area contributed by atoms with Crippen molar-refractivity contribution >= 4 is 5.97 Å². The SMILES string of the molecule is CCNC(C)(CN1CCN(CC)C(C)C1)C(=O)OCC. The van der Waals surface area contributed by atoms with E-state index in [-0.39, 0.29) is 5.97 Å². The van der Waals surface area contributed by atoms with Crippen LogP contribution in [0.15, 0.2) is 0 Å². The fourth-order valence-corrected chi connectivity index (χ4v) is 3.00. The Kier molecular flexibility index (Phi) is 6.92. The Morgan fingerprint density at radius 2 is 2.05 bits per heavy atom. The normalized spacial score (nSPS) is 24.4. The lowest BCUT2D eigenvalue weighted by atomic mass is 10.0. The zero-order valence-corrected chi connectivity index (χ0v) is 13.7. The summed E-state index contributed by atoms with van der Waals surface area (Å²) in [5, 5.41) is 3.30. The van der Waals surface area contributed by atoms with E-state index in [1.54, 1.807) is 0 Å². The minimum absolute atomic E-state index is 0.146. The van der Waals surface area contributed by atoms with Crippen LogP contribution in [0.25, 0.3) is 0 Å². The van der Waals surface area contributed by atoms with Crippen molar-refractivity contribution < 1.29 is 9.53 Å². The minimum Gasteiger partial charge on any atom is -0.465 e. The molecule has 0 aromatic carbocycles. The highest BCUT2D eigenvalue weighted by Crippen LogP contribution is 2.15. The monoisotopic (exact) mass is 285 g/mol. The standard InChI is InChI=1S/C15H31N3O2/c1-6-16-15(5,14(19)20-8-3)12-17-9-10-18(7-2)13(4)11-17/h13,16H,6-12H2,1-5H3. The molecule has 0 spiro atoms. The molecule has 5 heteroatoms. The van der Waals surface area contributed by atoms with Gasteiger partial charge in [-0.3, -0.25) is 14.6 Å². The summed E-state index contributed by atoms with van der Waals surface area (Å²) < 4.78 is 5.23. The van der Waals surface area contributed by atoms with E-state index >= 15 is 0 Å². The molecule has 0 bridgehead atoms. The second-order valence-corrected chi connectivity index (χ2v) is 5.80. The maximum atomic E-state index is 12.2. The molecule has 1 aliphatic heterocycles. The summed E-state index contributed by atoms with van der Waals surface area (Å²) in [6.07, 6.45) is 0. The Hall–Kier alpha value is -0.650. The van der Waals surface area contributed by atoms with Gasteiger partial charge in [-0.25, -0.2) is 0 Å². The van der Waals surface area contributed by atoms with E-state index in [0.717, 1.165) is 32.7 Å². The third-order valence-electron chi connectivity index (χ3n) is 4.09. The lowest BCUT2D eigenvalue weighted by molar-refractivity contribution is -0.151. The van der Waals surface area contributed by atoms with Crippen LogP contribution in [0.4, 0.5) is 0 Å². The maximum absolute atomic E-state index is 12.2. The molecule has 118 valence electrons. The second kappa shape index (κ2) is 7.96. The van der Waals surface area contributed by atoms with Gasteiger partial charge in [0.15, 0.2) is 0 Å². The van der Waals surface area contributed by atoms with Crippen LogP contribution in [0.2, 0.25) is 0 Å². The van der Waals surface area contributed by atoms with Crippen molar-refractivity contribution in [2.45, 2.75) is 46.2 Å². The largest absolute Gasteiger partial charge is 0.465 e. The van der Waals surface area contributed by atoms with E-state index in [0.29, 0.717) is 19.2 Å². The molecule has 0 amide bonds. The average Bonchev–Trinajstić information content (AvgIpc) is 2.39. The van der Waals surface area contributed by atoms with Crippen molar-refractivity contribution in [1.29, 1.82) is 0 Å². The van der Waals surface area contributed by atoms with Crippen molar-refractivity contribution in [2.24, 2.45) is 0 Å². The highest BCUT2D eigenvalue weighted by molar-refractivity contribution is 5.80. The van der Waals surface area contributed by atoms with Crippen LogP contribution in [0.5, 0.6) is 0 Å². The highest BCUT2D eigenvalue weighted by Gasteiger charge is 2.37. The van der Waals surface area contributed by atoms with E-state index in [2.05, 4.69) is 29.0 Å². The topological polar surface area (TPSA) is 44.8 Å². The molecule has 0 aromatic heterocycles. The smallest absolute Gasteiger partial charge is 0.327 e. The van der Waals surface area contributed by atoms with Gasteiger partial charge >= 0.3 is 5.97 Å². The molecular weight excluding hydrogens is 254 g/mol. The fraction of sp³-hybridized carbons (Fsp3) is 0.933. The maximum Gasteiger partial charge on any atom is 0.327 e. The highest BCUT2D eigenvalue weighted by atomic mass is 16.5. The van der Waals surface area contributed by atoms with E-state index in [1.165, 1.54) is 0 Å². The summed E-state index contributed by atoms with van der Waals surface area (Å²) in [5.74, 6) is -0.146. The summed E-state index contributed by atoms with van der Waals surface area (Å²) in [5.41, 5.74) is -0.612. The van der Waals surface area contributed by atoms with Crippen LogP contribution in [0, 0.1) is 0 Å². The molecule has 1 aliphatic rings. The van der Waals surface area contributed by atoms with Gasteiger partial charge in [0, 0.05) is 32.2 Å². The Balaban J connectivity index is 2.64. The summed E-state index contributed by atoms with van der Waals surface area (Å²) in [4.78, 5) is 17.1. The zero-order valence-electron chi connectivity index (χ0n) is 13.7. The zero-order chi connectivity index (χ0) is 15.2. The van der Waals surface area contributed by atoms with Crippen molar-refractivity contribution in [3.05, 3.63) is 0 Å². The number of nitrogens with one attached hydrogen (secondary N) is 1. The summed E-state index contributed by atoms with van der Waals surface area (Å²) in [7, 11) is 0. The van der Waals surface area contributed by atoms with Gasteiger partial charge in [-0.1, -0.05) is 13.8 Å². The van der Waals surface area contributed by atoms with E-state index in [9.17, 15) is 4.79 Å². The number of nitrogens with zero attached hydrogens (tertiary/aromatic N) is 2. The van der Waals surface area contributed by atoms with Gasteiger partial charge in [-0.15, -0.1) is 0 Å². The first-order valence-electron chi connectivity index (χ1n) is 7.85. The molecule has 0 aromatic rings. The number of piperazine rings is 1. The number of hydrogen-bond donors (Lipinski definition) is 1. The van der Waals surface area contributed by atoms with Crippen LogP contribution >= 0.6 is 0 Å². The van der Waals surface area contributed by atoms with Crippen LogP contribution in [-0.4, -0.2) is 73.2 Å². The Morgan fingerprint density at radius 1 is 1.35 bits per heavy atom. The van der Waals surface area contributed by atoms with Gasteiger partial charge in [-0.05, 0) is 33.9 Å². The molecule has 1 saturated heterocycles. The van der Waals surface area contributed by atoms with Gasteiger partial charge in [0.2, 0.25) is 0 Å². The minimum atomic E-state index is -0.612. The molecule has 1 rings (SSSR count). The molecule has 5 nitrogen and oxygen atoms in total. The van der Waals surface area contributed by atoms with Crippen LogP contribution < -0.4 is 5.32 Å². The lowest BCUT2D eigenvalue weighted by Gasteiger charge is -2.42. The summed E-state index contributed by atoms with van der Waals surface area (Å²) >= 11 is 0. The Labute approximate surface area is 123 Å². The number of carbonyl (C=O) groups is 1. The number of esters is 1. The molecule has 0 radical (unpaired) electrons. The van der Waals surface area contributed by atoms with Crippen LogP contribution in [0.1, 0.15) is 34.6 Å². The third-order valence-corrected chi connectivity index (χ3v) is 4.09. The average molecular weight is 285 g/mol. The molecule has 0 aliphatic carbocycles. The van der Waals surface area contributed by atoms with E-state index < -0.39 is 5.54 Å². The summed E-state index contributed by atoms with van der Waals surface area (Å²) in [6.45, 7) is 16.4. The molecule has 0 saturated carbocycles. The van der Waals surface area contributed by atoms with Crippen molar-refractivity contribution in [3.63, 3.8) is 0 Å². The van der Waals surface area contributed by atoms with E-state index in [4.69, 9.17) is 4.74 Å². The molecule has 1 heterocycles. The molecular formula is C15H31N3O2. The Morgan fingerprint density at radius 3 is 2.55 bits per heavy atom. The van der Waals surface area contributed by atoms with Crippen molar-refractivity contribution in [2.75, 3.05) is 45.9 Å². The number of carbonyl (C=O) groups excluding carboxylic acids is 1. The number of rotatable bonds is 7. The Bertz CT molecular complexity index is 311. The first-order valence-corrected chi connectivity index (χ1v) is 7.85. The third kappa shape index (κ3) is 4.43. The number of hydrogen-bond acceptors (Lipinski definition) is 5. The molecule has 20 heavy (non-hydrogen) atoms. The van der Waals surface area contributed by atoms with Gasteiger partial charge in [-0.2, -0.15) is 0 Å². The quantitative estimate of drug-likeness (QED) is 0.706. The second-order valence-electron chi connectivity index (χ2n) is 5.80. The van der Waals surface area contributed by atoms with Crippen molar-refractivity contribution in [1.82, 2.24) is 15.1 Å². The lowest BCUT2D eigenvalue weighted by Crippen LogP contribution is -2.61. The molecule has 2 unspecified atom stereocenters. The van der Waals surface area contributed by atoms with Crippen molar-refractivity contribution in [3.8, 4) is 0 Å². The van der Waals surface area contributed by atoms with Gasteiger partial charge < -0.3 is 10.1 Å². The predicted molar refractivity (Wildman–Crippen MR) is 81.9 cm³/mol. The first-order chi connectivity index (χ1) is 9.46. The molecule has 1 N–H and O–H groups in total. The first kappa shape index (κ1) is 17.4. The van der Waals surface area contributed by atoms with Gasteiger partial charge in [0.05, 0.1) is 6.61 Å². The van der Waals surface area contributed by atoms with E-state index in [1.807, 2.05) is 20.8 Å². The number of likely N-dealkylation sites (N-methyl/N-ethyl adjacent to an activating group) is 2.